The largest absolute Gasteiger partial charge is 0.385 e. The average molecular weight is 303 g/mol. The Bertz CT molecular complexity index is 333. The van der Waals surface area contributed by atoms with Gasteiger partial charge in [0.15, 0.2) is 0 Å². The van der Waals surface area contributed by atoms with Crippen molar-refractivity contribution in [1.29, 1.82) is 0 Å². The molecule has 0 spiro atoms. The van der Waals surface area contributed by atoms with Crippen LogP contribution in [0, 0.1) is 17.3 Å². The van der Waals surface area contributed by atoms with E-state index in [-0.39, 0.29) is 17.8 Å². The Kier molecular flexibility index (Phi) is 5.32. The van der Waals surface area contributed by atoms with E-state index >= 15 is 0 Å². The Balaban J connectivity index is 0.00000147. The van der Waals surface area contributed by atoms with Gasteiger partial charge >= 0.3 is 0 Å². The van der Waals surface area contributed by atoms with E-state index in [9.17, 15) is 4.79 Å². The molecule has 0 bridgehead atoms. The van der Waals surface area contributed by atoms with Crippen molar-refractivity contribution in [2.45, 2.75) is 32.1 Å². The quantitative estimate of drug-likeness (QED) is 0.859. The van der Waals surface area contributed by atoms with E-state index in [1.54, 1.807) is 7.11 Å². The van der Waals surface area contributed by atoms with E-state index < -0.39 is 0 Å². The van der Waals surface area contributed by atoms with Crippen molar-refractivity contribution in [3.05, 3.63) is 0 Å². The molecule has 20 heavy (non-hydrogen) atoms. The van der Waals surface area contributed by atoms with Crippen LogP contribution in [0.3, 0.4) is 0 Å². The molecule has 0 aromatic rings. The van der Waals surface area contributed by atoms with Crippen LogP contribution in [0.1, 0.15) is 32.1 Å². The second kappa shape index (κ2) is 6.63. The summed E-state index contributed by atoms with van der Waals surface area (Å²) in [7, 11) is 1.74. The first-order valence-electron chi connectivity index (χ1n) is 7.74. The summed E-state index contributed by atoms with van der Waals surface area (Å²) in [6.45, 7) is 4.86. The Labute approximate surface area is 128 Å². The smallest absolute Gasteiger partial charge is 0.228 e. The summed E-state index contributed by atoms with van der Waals surface area (Å²) in [6, 6.07) is 0. The van der Waals surface area contributed by atoms with Gasteiger partial charge < -0.3 is 15.0 Å². The zero-order valence-corrected chi connectivity index (χ0v) is 13.2. The third-order valence-electron chi connectivity index (χ3n) is 5.48. The monoisotopic (exact) mass is 302 g/mol. The molecule has 5 heteroatoms. The molecule has 2 atom stereocenters. The summed E-state index contributed by atoms with van der Waals surface area (Å²) in [4.78, 5) is 15.1. The van der Waals surface area contributed by atoms with E-state index in [0.29, 0.717) is 24.3 Å². The van der Waals surface area contributed by atoms with Gasteiger partial charge in [-0.1, -0.05) is 12.8 Å². The Hall–Kier alpha value is -0.320. The summed E-state index contributed by atoms with van der Waals surface area (Å²) in [5.74, 6) is 1.83. The molecule has 2 saturated heterocycles. The maximum Gasteiger partial charge on any atom is 0.228 e. The molecule has 0 aromatic heterocycles. The Morgan fingerprint density at radius 3 is 2.40 bits per heavy atom. The number of fused-ring (bicyclic) bond motifs is 1. The fraction of sp³-hybridized carbons (Fsp3) is 0.933. The number of carbonyl (C=O) groups excluding carboxylic acids is 1. The van der Waals surface area contributed by atoms with Crippen molar-refractivity contribution in [3.8, 4) is 0 Å². The lowest BCUT2D eigenvalue weighted by Crippen LogP contribution is -2.43. The zero-order valence-electron chi connectivity index (χ0n) is 12.4. The van der Waals surface area contributed by atoms with Gasteiger partial charge in [0.2, 0.25) is 5.91 Å². The van der Waals surface area contributed by atoms with Crippen LogP contribution < -0.4 is 5.32 Å². The van der Waals surface area contributed by atoms with Gasteiger partial charge in [-0.15, -0.1) is 12.4 Å². The summed E-state index contributed by atoms with van der Waals surface area (Å²) >= 11 is 0. The molecule has 3 aliphatic rings. The van der Waals surface area contributed by atoms with Crippen LogP contribution in [0.5, 0.6) is 0 Å². The first-order valence-corrected chi connectivity index (χ1v) is 7.74. The van der Waals surface area contributed by atoms with Crippen molar-refractivity contribution >= 4 is 18.3 Å². The minimum Gasteiger partial charge on any atom is -0.385 e. The van der Waals surface area contributed by atoms with Crippen LogP contribution in [0.2, 0.25) is 0 Å². The van der Waals surface area contributed by atoms with Gasteiger partial charge in [-0.3, -0.25) is 4.79 Å². The lowest BCUT2D eigenvalue weighted by atomic mass is 9.81. The minimum atomic E-state index is -0.0952. The van der Waals surface area contributed by atoms with Crippen molar-refractivity contribution in [2.24, 2.45) is 17.3 Å². The van der Waals surface area contributed by atoms with E-state index in [0.717, 1.165) is 45.4 Å². The predicted molar refractivity (Wildman–Crippen MR) is 81.1 cm³/mol. The number of nitrogens with one attached hydrogen (secondary N) is 1. The SMILES string of the molecule is COCCC1(C(=O)N2C[C@H]3CNC[C@H]3C2)CCCC1.Cl. The van der Waals surface area contributed by atoms with E-state index in [4.69, 9.17) is 4.74 Å². The van der Waals surface area contributed by atoms with Crippen molar-refractivity contribution in [2.75, 3.05) is 39.9 Å². The van der Waals surface area contributed by atoms with E-state index in [1.807, 2.05) is 0 Å². The standard InChI is InChI=1S/C15H26N2O2.ClH/c1-19-7-6-15(4-2-3-5-15)14(18)17-10-12-8-16-9-13(12)11-17;/h12-13,16H,2-11H2,1H3;1H/t12-,13+;. The van der Waals surface area contributed by atoms with Gasteiger partial charge in [0.05, 0.1) is 5.41 Å². The summed E-state index contributed by atoms with van der Waals surface area (Å²) < 4.78 is 5.24. The maximum absolute atomic E-state index is 13.0. The second-order valence-electron chi connectivity index (χ2n) is 6.62. The highest BCUT2D eigenvalue weighted by Gasteiger charge is 2.47. The molecule has 4 nitrogen and oxygen atoms in total. The van der Waals surface area contributed by atoms with Crippen LogP contribution in [-0.2, 0) is 9.53 Å². The lowest BCUT2D eigenvalue weighted by molar-refractivity contribution is -0.142. The fourth-order valence-electron chi connectivity index (χ4n) is 4.28. The van der Waals surface area contributed by atoms with Crippen LogP contribution in [0.25, 0.3) is 0 Å². The third kappa shape index (κ3) is 2.83. The highest BCUT2D eigenvalue weighted by molar-refractivity contribution is 5.85. The number of halogens is 1. The number of hydrogen-bond acceptors (Lipinski definition) is 3. The average Bonchev–Trinajstić information content (AvgIpc) is 3.11. The normalized spacial score (nSPS) is 31.1. The Morgan fingerprint density at radius 2 is 1.85 bits per heavy atom. The molecule has 1 saturated carbocycles. The zero-order chi connectivity index (χ0) is 13.3. The maximum atomic E-state index is 13.0. The number of likely N-dealkylation sites (tertiary alicyclic amines) is 1. The molecule has 0 radical (unpaired) electrons. The summed E-state index contributed by atoms with van der Waals surface area (Å²) in [5, 5.41) is 3.44. The van der Waals surface area contributed by atoms with Gasteiger partial charge in [0.25, 0.3) is 0 Å². The number of amides is 1. The van der Waals surface area contributed by atoms with Gasteiger partial charge in [-0.05, 0) is 31.1 Å². The molecule has 1 aliphatic carbocycles. The number of methoxy groups -OCH3 is 1. The highest BCUT2D eigenvalue weighted by Crippen LogP contribution is 2.44. The highest BCUT2D eigenvalue weighted by atomic mass is 35.5. The molecule has 1 amide bonds. The van der Waals surface area contributed by atoms with Gasteiger partial charge in [-0.2, -0.15) is 0 Å². The summed E-state index contributed by atoms with van der Waals surface area (Å²) in [5.41, 5.74) is -0.0952. The van der Waals surface area contributed by atoms with Crippen LogP contribution in [0.4, 0.5) is 0 Å². The second-order valence-corrected chi connectivity index (χ2v) is 6.62. The van der Waals surface area contributed by atoms with Gasteiger partial charge in [0.1, 0.15) is 0 Å². The number of hydrogen-bond donors (Lipinski definition) is 1. The molecular weight excluding hydrogens is 276 g/mol. The molecule has 116 valence electrons. The third-order valence-corrected chi connectivity index (χ3v) is 5.48. The fourth-order valence-corrected chi connectivity index (χ4v) is 4.28. The van der Waals surface area contributed by atoms with Gasteiger partial charge in [-0.25, -0.2) is 0 Å². The minimum absolute atomic E-state index is 0. The first kappa shape index (κ1) is 16.1. The first-order chi connectivity index (χ1) is 9.25. The molecule has 3 rings (SSSR count). The van der Waals surface area contributed by atoms with Crippen LogP contribution >= 0.6 is 12.4 Å². The number of nitrogens with zero attached hydrogens (tertiary/aromatic N) is 1. The van der Waals surface area contributed by atoms with E-state index in [1.165, 1.54) is 12.8 Å². The van der Waals surface area contributed by atoms with Crippen molar-refractivity contribution < 1.29 is 9.53 Å². The number of carbonyl (C=O) groups is 1. The van der Waals surface area contributed by atoms with Gasteiger partial charge in [0, 0.05) is 39.9 Å². The summed E-state index contributed by atoms with van der Waals surface area (Å²) in [6.07, 6.45) is 5.46. The predicted octanol–water partition coefficient (Wildman–Crippen LogP) is 1.68. The van der Waals surface area contributed by atoms with E-state index in [2.05, 4.69) is 10.2 Å². The number of rotatable bonds is 4. The van der Waals surface area contributed by atoms with Crippen LogP contribution in [-0.4, -0.2) is 50.7 Å². The number of ether oxygens (including phenoxy) is 1. The molecule has 0 unspecified atom stereocenters. The van der Waals surface area contributed by atoms with Crippen molar-refractivity contribution in [3.63, 3.8) is 0 Å². The topological polar surface area (TPSA) is 41.6 Å². The molecular formula is C15H27ClN2O2. The molecule has 2 heterocycles. The van der Waals surface area contributed by atoms with Crippen molar-refractivity contribution in [1.82, 2.24) is 10.2 Å². The molecule has 3 fully saturated rings. The Morgan fingerprint density at radius 1 is 1.25 bits per heavy atom. The van der Waals surface area contributed by atoms with Crippen LogP contribution in [0.15, 0.2) is 0 Å². The molecule has 1 N–H and O–H groups in total. The lowest BCUT2D eigenvalue weighted by Gasteiger charge is -2.32. The molecule has 0 aromatic carbocycles. The molecule has 2 aliphatic heterocycles.